The normalized spacial score (nSPS) is 18.5. The molecule has 2 atom stereocenters. The van der Waals surface area contributed by atoms with Gasteiger partial charge in [-0.05, 0) is 6.42 Å². The van der Waals surface area contributed by atoms with Gasteiger partial charge in [-0.3, -0.25) is 0 Å². The van der Waals surface area contributed by atoms with E-state index in [1.54, 1.807) is 0 Å². The van der Waals surface area contributed by atoms with Crippen LogP contribution in [0.2, 0.25) is 0 Å². The first-order valence-corrected chi connectivity index (χ1v) is 3.10. The molecule has 64 valence electrons. The van der Waals surface area contributed by atoms with Gasteiger partial charge < -0.3 is 25.5 Å². The molecule has 0 fully saturated rings. The summed E-state index contributed by atoms with van der Waals surface area (Å²) in [6.07, 6.45) is -1.24. The van der Waals surface area contributed by atoms with Gasteiger partial charge in [0.1, 0.15) is 17.9 Å². The van der Waals surface area contributed by atoms with Crippen molar-refractivity contribution in [3.63, 3.8) is 0 Å². The van der Waals surface area contributed by atoms with Crippen molar-refractivity contribution in [2.45, 2.75) is 18.1 Å². The van der Waals surface area contributed by atoms with Crippen molar-refractivity contribution in [2.24, 2.45) is 5.73 Å². The zero-order valence-electron chi connectivity index (χ0n) is 5.93. The number of aliphatic hydroxyl groups excluding tert-OH is 2. The Labute approximate surface area is 63.8 Å². The Balaban J connectivity index is 4.30. The van der Waals surface area contributed by atoms with Crippen LogP contribution < -0.4 is 5.73 Å². The van der Waals surface area contributed by atoms with Crippen LogP contribution in [-0.2, 0) is 9.59 Å². The molecule has 0 aromatic carbocycles. The summed E-state index contributed by atoms with van der Waals surface area (Å²) in [4.78, 5) is 20.3. The number of aliphatic hydroxyl groups is 2. The molecule has 11 heavy (non-hydrogen) atoms. The van der Waals surface area contributed by atoms with Crippen LogP contribution >= 0.6 is 0 Å². The lowest BCUT2D eigenvalue weighted by molar-refractivity contribution is -0.126. The van der Waals surface area contributed by atoms with Crippen LogP contribution in [0.15, 0.2) is 0 Å². The summed E-state index contributed by atoms with van der Waals surface area (Å²) >= 11 is 0. The van der Waals surface area contributed by atoms with E-state index in [4.69, 9.17) is 15.9 Å². The van der Waals surface area contributed by atoms with Crippen LogP contribution in [0.25, 0.3) is 0 Å². The molecule has 0 aromatic heterocycles. The van der Waals surface area contributed by atoms with E-state index in [0.717, 1.165) is 0 Å². The lowest BCUT2D eigenvalue weighted by Gasteiger charge is -2.23. The molecule has 0 bridgehead atoms. The molecule has 0 radical (unpaired) electrons. The maximum atomic E-state index is 10.3. The highest BCUT2D eigenvalue weighted by Crippen LogP contribution is 2.06. The first-order chi connectivity index (χ1) is 5.10. The van der Waals surface area contributed by atoms with Crippen LogP contribution in [0, 0.1) is 0 Å². The van der Waals surface area contributed by atoms with E-state index in [9.17, 15) is 9.59 Å². The van der Waals surface area contributed by atoms with Crippen LogP contribution in [0.1, 0.15) is 6.42 Å². The second-order valence-electron chi connectivity index (χ2n) is 2.28. The number of rotatable bonds is 5. The van der Waals surface area contributed by atoms with Crippen molar-refractivity contribution < 1.29 is 19.8 Å². The minimum atomic E-state index is -1.64. The van der Waals surface area contributed by atoms with Crippen LogP contribution in [0.3, 0.4) is 0 Å². The molecule has 0 saturated carbocycles. The van der Waals surface area contributed by atoms with Crippen molar-refractivity contribution in [1.82, 2.24) is 0 Å². The minimum absolute atomic E-state index is 0.129. The molecular weight excluding hydrogens is 150 g/mol. The average molecular weight is 161 g/mol. The van der Waals surface area contributed by atoms with E-state index in [-0.39, 0.29) is 25.6 Å². The van der Waals surface area contributed by atoms with Crippen molar-refractivity contribution in [1.29, 1.82) is 0 Å². The van der Waals surface area contributed by atoms with Gasteiger partial charge in [0.25, 0.3) is 0 Å². The van der Waals surface area contributed by atoms with Gasteiger partial charge in [-0.25, -0.2) is 0 Å². The summed E-state index contributed by atoms with van der Waals surface area (Å²) in [6.45, 7) is -0.347. The van der Waals surface area contributed by atoms with Gasteiger partial charge in [0.2, 0.25) is 0 Å². The highest BCUT2D eigenvalue weighted by Gasteiger charge is 2.32. The van der Waals surface area contributed by atoms with Crippen molar-refractivity contribution in [3.8, 4) is 0 Å². The quantitative estimate of drug-likeness (QED) is 0.398. The monoisotopic (exact) mass is 161 g/mol. The van der Waals surface area contributed by atoms with Crippen LogP contribution in [-0.4, -0.2) is 41.0 Å². The highest BCUT2D eigenvalue weighted by molar-refractivity contribution is 5.74. The Hall–Kier alpha value is -0.780. The van der Waals surface area contributed by atoms with E-state index >= 15 is 0 Å². The van der Waals surface area contributed by atoms with E-state index in [1.165, 1.54) is 0 Å². The molecule has 2 unspecified atom stereocenters. The Kier molecular flexibility index (Phi) is 3.88. The van der Waals surface area contributed by atoms with E-state index in [1.807, 2.05) is 0 Å². The van der Waals surface area contributed by atoms with E-state index in [2.05, 4.69) is 0 Å². The summed E-state index contributed by atoms with van der Waals surface area (Å²) in [6, 6.07) is 0. The third-order valence-corrected chi connectivity index (χ3v) is 1.44. The number of hydrogen-bond donors (Lipinski definition) is 3. The standard InChI is InChI=1S/C6H11NO4/c7-6(4-10,1-2-8)5(11)3-9/h3-5,8,11H,1-2,7H2. The molecule has 0 aliphatic heterocycles. The maximum Gasteiger partial charge on any atom is 0.150 e. The number of aldehydes is 2. The number of carbonyl (C=O) groups excluding carboxylic acids is 2. The molecule has 0 rings (SSSR count). The van der Waals surface area contributed by atoms with E-state index in [0.29, 0.717) is 0 Å². The van der Waals surface area contributed by atoms with Gasteiger partial charge >= 0.3 is 0 Å². The fourth-order valence-electron chi connectivity index (χ4n) is 0.597. The molecule has 5 nitrogen and oxygen atoms in total. The topological polar surface area (TPSA) is 101 Å². The summed E-state index contributed by atoms with van der Waals surface area (Å²) in [7, 11) is 0. The van der Waals surface area contributed by atoms with Gasteiger partial charge in [-0.15, -0.1) is 0 Å². The van der Waals surface area contributed by atoms with Gasteiger partial charge in [0.05, 0.1) is 0 Å². The van der Waals surface area contributed by atoms with Crippen molar-refractivity contribution in [3.05, 3.63) is 0 Å². The lowest BCUT2D eigenvalue weighted by Crippen LogP contribution is -2.53. The fourth-order valence-corrected chi connectivity index (χ4v) is 0.597. The minimum Gasteiger partial charge on any atom is -0.396 e. The Morgan fingerprint density at radius 3 is 2.36 bits per heavy atom. The van der Waals surface area contributed by atoms with Crippen molar-refractivity contribution in [2.75, 3.05) is 6.61 Å². The molecule has 0 aliphatic carbocycles. The first-order valence-electron chi connectivity index (χ1n) is 3.10. The zero-order chi connectivity index (χ0) is 8.91. The fraction of sp³-hybridized carbons (Fsp3) is 0.667. The van der Waals surface area contributed by atoms with Crippen LogP contribution in [0.4, 0.5) is 0 Å². The predicted octanol–water partition coefficient (Wildman–Crippen LogP) is -2.17. The molecule has 0 spiro atoms. The van der Waals surface area contributed by atoms with Crippen LogP contribution in [0.5, 0.6) is 0 Å². The highest BCUT2D eigenvalue weighted by atomic mass is 16.3. The summed E-state index contributed by atoms with van der Waals surface area (Å²) < 4.78 is 0. The molecule has 5 heteroatoms. The smallest absolute Gasteiger partial charge is 0.150 e. The predicted molar refractivity (Wildman–Crippen MR) is 36.8 cm³/mol. The third-order valence-electron chi connectivity index (χ3n) is 1.44. The lowest BCUT2D eigenvalue weighted by atomic mass is 9.93. The van der Waals surface area contributed by atoms with Gasteiger partial charge in [-0.2, -0.15) is 0 Å². The average Bonchev–Trinajstić information content (AvgIpc) is 2.03. The number of hydrogen-bond acceptors (Lipinski definition) is 5. The SMILES string of the molecule is NC(C=O)(CCO)C(O)C=O. The molecule has 0 heterocycles. The zero-order valence-corrected chi connectivity index (χ0v) is 5.93. The first kappa shape index (κ1) is 10.2. The van der Waals surface area contributed by atoms with E-state index < -0.39 is 11.6 Å². The summed E-state index contributed by atoms with van der Waals surface area (Å²) in [5.74, 6) is 0. The second kappa shape index (κ2) is 4.17. The Bertz CT molecular complexity index is 150. The Morgan fingerprint density at radius 2 is 2.09 bits per heavy atom. The molecular formula is C6H11NO4. The second-order valence-corrected chi connectivity index (χ2v) is 2.28. The molecule has 0 aromatic rings. The largest absolute Gasteiger partial charge is 0.396 e. The van der Waals surface area contributed by atoms with Crippen molar-refractivity contribution >= 4 is 12.6 Å². The molecule has 4 N–H and O–H groups in total. The third kappa shape index (κ3) is 2.38. The number of nitrogens with two attached hydrogens (primary N) is 1. The Morgan fingerprint density at radius 1 is 1.55 bits per heavy atom. The molecule has 0 saturated heterocycles. The van der Waals surface area contributed by atoms with Gasteiger partial charge in [0, 0.05) is 6.61 Å². The van der Waals surface area contributed by atoms with Gasteiger partial charge in [-0.1, -0.05) is 0 Å². The molecule has 0 amide bonds. The van der Waals surface area contributed by atoms with Gasteiger partial charge in [0.15, 0.2) is 6.29 Å². The number of carbonyl (C=O) groups is 2. The molecule has 0 aliphatic rings. The summed E-state index contributed by atoms with van der Waals surface area (Å²) in [5.41, 5.74) is 3.61. The summed E-state index contributed by atoms with van der Waals surface area (Å²) in [5, 5.41) is 17.3. The maximum absolute atomic E-state index is 10.3.